The van der Waals surface area contributed by atoms with Crippen LogP contribution in [0.2, 0.25) is 0 Å². The van der Waals surface area contributed by atoms with Crippen LogP contribution in [0.5, 0.6) is 5.75 Å². The van der Waals surface area contributed by atoms with E-state index in [0.717, 1.165) is 17.7 Å². The van der Waals surface area contributed by atoms with Crippen molar-refractivity contribution in [3.05, 3.63) is 29.8 Å². The number of carbonyl (C=O) groups is 1. The third kappa shape index (κ3) is 6.80. The second-order valence-electron chi connectivity index (χ2n) is 4.71. The third-order valence-corrected chi connectivity index (χ3v) is 2.89. The summed E-state index contributed by atoms with van der Waals surface area (Å²) in [5.74, 6) is 0.621. The molecule has 0 saturated heterocycles. The van der Waals surface area contributed by atoms with E-state index < -0.39 is 6.04 Å². The predicted molar refractivity (Wildman–Crippen MR) is 85.9 cm³/mol. The Morgan fingerprint density at radius 2 is 1.95 bits per heavy atom. The molecular formula is C15H25ClN2O3. The average molecular weight is 317 g/mol. The molecule has 21 heavy (non-hydrogen) atoms. The normalized spacial score (nSPS) is 13.0. The van der Waals surface area contributed by atoms with Gasteiger partial charge in [0, 0.05) is 7.11 Å². The third-order valence-electron chi connectivity index (χ3n) is 2.89. The fourth-order valence-corrected chi connectivity index (χ4v) is 1.73. The summed E-state index contributed by atoms with van der Waals surface area (Å²) in [5, 5.41) is 2.86. The Bertz CT molecular complexity index is 412. The zero-order valence-electron chi connectivity index (χ0n) is 12.8. The van der Waals surface area contributed by atoms with Crippen LogP contribution in [0.25, 0.3) is 0 Å². The monoisotopic (exact) mass is 316 g/mol. The maximum atomic E-state index is 11.8. The molecule has 1 amide bonds. The van der Waals surface area contributed by atoms with Crippen LogP contribution < -0.4 is 15.8 Å². The van der Waals surface area contributed by atoms with Gasteiger partial charge in [0.05, 0.1) is 19.3 Å². The molecule has 0 aliphatic rings. The van der Waals surface area contributed by atoms with E-state index in [1.807, 2.05) is 31.2 Å². The minimum absolute atomic E-state index is 0. The van der Waals surface area contributed by atoms with Gasteiger partial charge in [-0.2, -0.15) is 0 Å². The number of benzene rings is 1. The SMILES string of the molecule is CCCOc1ccc(C(C)NC(=O)C(N)COC)cc1.Cl. The van der Waals surface area contributed by atoms with E-state index in [1.54, 1.807) is 0 Å². The van der Waals surface area contributed by atoms with Crippen LogP contribution in [0.4, 0.5) is 0 Å². The highest BCUT2D eigenvalue weighted by Crippen LogP contribution is 2.17. The van der Waals surface area contributed by atoms with Crippen LogP contribution >= 0.6 is 12.4 Å². The molecule has 0 aromatic heterocycles. The molecule has 2 atom stereocenters. The second kappa shape index (κ2) is 10.4. The highest BCUT2D eigenvalue weighted by molar-refractivity contribution is 5.85. The molecule has 0 aliphatic heterocycles. The molecule has 120 valence electrons. The summed E-state index contributed by atoms with van der Waals surface area (Å²) < 4.78 is 10.4. The van der Waals surface area contributed by atoms with Crippen molar-refractivity contribution in [2.24, 2.45) is 5.73 Å². The number of methoxy groups -OCH3 is 1. The van der Waals surface area contributed by atoms with Crippen molar-refractivity contribution in [1.29, 1.82) is 0 Å². The lowest BCUT2D eigenvalue weighted by Gasteiger charge is -2.17. The van der Waals surface area contributed by atoms with Gasteiger partial charge in [-0.3, -0.25) is 4.79 Å². The number of ether oxygens (including phenoxy) is 2. The Kier molecular flexibility index (Phi) is 9.78. The lowest BCUT2D eigenvalue weighted by molar-refractivity contribution is -0.124. The number of rotatable bonds is 8. The van der Waals surface area contributed by atoms with Crippen LogP contribution in [0.3, 0.4) is 0 Å². The first kappa shape index (κ1) is 19.7. The molecule has 5 nitrogen and oxygen atoms in total. The van der Waals surface area contributed by atoms with Gasteiger partial charge in [-0.1, -0.05) is 19.1 Å². The first-order valence-electron chi connectivity index (χ1n) is 6.86. The van der Waals surface area contributed by atoms with Gasteiger partial charge in [0.2, 0.25) is 5.91 Å². The first-order chi connectivity index (χ1) is 9.58. The van der Waals surface area contributed by atoms with Crippen molar-refractivity contribution in [2.45, 2.75) is 32.4 Å². The molecule has 0 saturated carbocycles. The summed E-state index contributed by atoms with van der Waals surface area (Å²) in [4.78, 5) is 11.8. The Morgan fingerprint density at radius 3 is 2.48 bits per heavy atom. The van der Waals surface area contributed by atoms with Crippen molar-refractivity contribution in [2.75, 3.05) is 20.3 Å². The fraction of sp³-hybridized carbons (Fsp3) is 0.533. The van der Waals surface area contributed by atoms with E-state index in [1.165, 1.54) is 7.11 Å². The van der Waals surface area contributed by atoms with Gasteiger partial charge in [-0.25, -0.2) is 0 Å². The van der Waals surface area contributed by atoms with Crippen LogP contribution in [-0.2, 0) is 9.53 Å². The fourth-order valence-electron chi connectivity index (χ4n) is 1.73. The summed E-state index contributed by atoms with van der Waals surface area (Å²) in [6, 6.07) is 6.95. The number of carbonyl (C=O) groups excluding carboxylic acids is 1. The topological polar surface area (TPSA) is 73.6 Å². The summed E-state index contributed by atoms with van der Waals surface area (Å²) in [6.07, 6.45) is 0.978. The minimum Gasteiger partial charge on any atom is -0.494 e. The Hall–Kier alpha value is -1.30. The molecule has 0 radical (unpaired) electrons. The molecule has 1 rings (SSSR count). The molecule has 0 spiro atoms. The molecule has 0 fully saturated rings. The number of hydrogen-bond donors (Lipinski definition) is 2. The zero-order valence-corrected chi connectivity index (χ0v) is 13.6. The predicted octanol–water partition coefficient (Wildman–Crippen LogP) is 2.05. The highest BCUT2D eigenvalue weighted by Gasteiger charge is 2.16. The van der Waals surface area contributed by atoms with Gasteiger partial charge in [0.15, 0.2) is 0 Å². The summed E-state index contributed by atoms with van der Waals surface area (Å²) in [7, 11) is 1.52. The zero-order chi connectivity index (χ0) is 15.0. The standard InChI is InChI=1S/C15H24N2O3.ClH/c1-4-9-20-13-7-5-12(6-8-13)11(2)17-15(18)14(16)10-19-3;/h5-8,11,14H,4,9-10,16H2,1-3H3,(H,17,18);1H. The molecule has 2 unspecified atom stereocenters. The van der Waals surface area contributed by atoms with E-state index in [-0.39, 0.29) is 31.0 Å². The minimum atomic E-state index is -0.644. The van der Waals surface area contributed by atoms with E-state index in [4.69, 9.17) is 15.2 Å². The average Bonchev–Trinajstić information content (AvgIpc) is 2.45. The summed E-state index contributed by atoms with van der Waals surface area (Å²) in [6.45, 7) is 4.90. The number of hydrogen-bond acceptors (Lipinski definition) is 4. The van der Waals surface area contributed by atoms with Gasteiger partial charge >= 0.3 is 0 Å². The maximum Gasteiger partial charge on any atom is 0.239 e. The molecule has 0 heterocycles. The molecule has 1 aromatic rings. The van der Waals surface area contributed by atoms with Gasteiger partial charge < -0.3 is 20.5 Å². The summed E-state index contributed by atoms with van der Waals surface area (Å²) >= 11 is 0. The van der Waals surface area contributed by atoms with Gasteiger partial charge in [0.25, 0.3) is 0 Å². The van der Waals surface area contributed by atoms with Gasteiger partial charge in [0.1, 0.15) is 11.8 Å². The molecule has 0 bridgehead atoms. The number of nitrogens with two attached hydrogens (primary N) is 1. The van der Waals surface area contributed by atoms with E-state index >= 15 is 0 Å². The maximum absolute atomic E-state index is 11.8. The quantitative estimate of drug-likeness (QED) is 0.770. The van der Waals surface area contributed by atoms with Crippen molar-refractivity contribution >= 4 is 18.3 Å². The van der Waals surface area contributed by atoms with Gasteiger partial charge in [-0.15, -0.1) is 12.4 Å². The smallest absolute Gasteiger partial charge is 0.239 e. The molecular weight excluding hydrogens is 292 g/mol. The number of amides is 1. The molecule has 1 aromatic carbocycles. The van der Waals surface area contributed by atoms with Crippen molar-refractivity contribution in [3.8, 4) is 5.75 Å². The lowest BCUT2D eigenvalue weighted by atomic mass is 10.1. The van der Waals surface area contributed by atoms with E-state index in [0.29, 0.717) is 6.61 Å². The molecule has 6 heteroatoms. The summed E-state index contributed by atoms with van der Waals surface area (Å²) in [5.41, 5.74) is 6.68. The van der Waals surface area contributed by atoms with E-state index in [9.17, 15) is 4.79 Å². The highest BCUT2D eigenvalue weighted by atomic mass is 35.5. The first-order valence-corrected chi connectivity index (χ1v) is 6.86. The van der Waals surface area contributed by atoms with Crippen LogP contribution in [0.1, 0.15) is 31.9 Å². The van der Waals surface area contributed by atoms with E-state index in [2.05, 4.69) is 12.2 Å². The van der Waals surface area contributed by atoms with Crippen LogP contribution in [-0.4, -0.2) is 32.3 Å². The number of halogens is 1. The Balaban J connectivity index is 0.00000400. The lowest BCUT2D eigenvalue weighted by Crippen LogP contribution is -2.44. The Labute approximate surface area is 132 Å². The molecule has 0 aliphatic carbocycles. The van der Waals surface area contributed by atoms with Crippen LogP contribution in [0, 0.1) is 0 Å². The van der Waals surface area contributed by atoms with Gasteiger partial charge in [-0.05, 0) is 31.0 Å². The van der Waals surface area contributed by atoms with Crippen molar-refractivity contribution in [1.82, 2.24) is 5.32 Å². The van der Waals surface area contributed by atoms with Crippen LogP contribution in [0.15, 0.2) is 24.3 Å². The van der Waals surface area contributed by atoms with Crippen molar-refractivity contribution in [3.63, 3.8) is 0 Å². The Morgan fingerprint density at radius 1 is 1.33 bits per heavy atom. The molecule has 3 N–H and O–H groups in total. The second-order valence-corrected chi connectivity index (χ2v) is 4.71. The van der Waals surface area contributed by atoms with Crippen molar-refractivity contribution < 1.29 is 14.3 Å². The largest absolute Gasteiger partial charge is 0.494 e. The number of nitrogens with one attached hydrogen (secondary N) is 1.